The van der Waals surface area contributed by atoms with Crippen LogP contribution in [-0.2, 0) is 6.42 Å². The quantitative estimate of drug-likeness (QED) is 0.894. The molecule has 0 radical (unpaired) electrons. The van der Waals surface area contributed by atoms with Gasteiger partial charge in [-0.3, -0.25) is 0 Å². The van der Waals surface area contributed by atoms with E-state index in [1.807, 2.05) is 6.07 Å². The topological polar surface area (TPSA) is 15.3 Å². The van der Waals surface area contributed by atoms with Gasteiger partial charge in [0.1, 0.15) is 0 Å². The first kappa shape index (κ1) is 14.3. The minimum Gasteiger partial charge on any atom is -0.314 e. The van der Waals surface area contributed by atoms with Crippen molar-refractivity contribution >= 4 is 22.9 Å². The fourth-order valence-corrected chi connectivity index (χ4v) is 3.83. The van der Waals surface area contributed by atoms with E-state index in [9.17, 15) is 0 Å². The maximum absolute atomic E-state index is 5.96. The highest BCUT2D eigenvalue weighted by Crippen LogP contribution is 2.23. The molecule has 1 N–H and O–H groups in total. The highest BCUT2D eigenvalue weighted by Gasteiger charge is 2.24. The van der Waals surface area contributed by atoms with Crippen LogP contribution < -0.4 is 5.32 Å². The summed E-state index contributed by atoms with van der Waals surface area (Å²) in [4.78, 5) is 3.99. The van der Waals surface area contributed by atoms with E-state index in [0.717, 1.165) is 23.2 Å². The molecule has 2 unspecified atom stereocenters. The van der Waals surface area contributed by atoms with Crippen LogP contribution >= 0.6 is 22.9 Å². The summed E-state index contributed by atoms with van der Waals surface area (Å²) in [6.45, 7) is 9.25. The van der Waals surface area contributed by atoms with Gasteiger partial charge in [-0.15, -0.1) is 11.3 Å². The molecule has 102 valence electrons. The van der Waals surface area contributed by atoms with Gasteiger partial charge >= 0.3 is 0 Å². The Labute approximate surface area is 119 Å². The van der Waals surface area contributed by atoms with Crippen molar-refractivity contribution in [2.45, 2.75) is 32.7 Å². The van der Waals surface area contributed by atoms with Gasteiger partial charge in [0, 0.05) is 24.0 Å². The summed E-state index contributed by atoms with van der Waals surface area (Å²) in [6.07, 6.45) is 2.41. The summed E-state index contributed by atoms with van der Waals surface area (Å²) < 4.78 is 0.907. The number of halogens is 1. The Balaban J connectivity index is 1.75. The van der Waals surface area contributed by atoms with Gasteiger partial charge in [-0.1, -0.05) is 25.4 Å². The minimum absolute atomic E-state index is 0.711. The van der Waals surface area contributed by atoms with E-state index in [2.05, 4.69) is 30.1 Å². The number of nitrogens with zero attached hydrogens (tertiary/aromatic N) is 1. The third-order valence-electron chi connectivity index (χ3n) is 3.76. The number of piperidine rings is 1. The van der Waals surface area contributed by atoms with E-state index in [1.165, 1.54) is 30.9 Å². The Kier molecular flexibility index (Phi) is 5.49. The Bertz CT molecular complexity index is 366. The second-order valence-corrected chi connectivity index (χ2v) is 6.99. The summed E-state index contributed by atoms with van der Waals surface area (Å²) in [5.74, 6) is 0.755. The molecule has 0 spiro atoms. The zero-order valence-electron chi connectivity index (χ0n) is 11.3. The molecule has 1 aliphatic rings. The van der Waals surface area contributed by atoms with Crippen molar-refractivity contribution in [1.29, 1.82) is 0 Å². The number of rotatable bonds is 5. The van der Waals surface area contributed by atoms with Crippen molar-refractivity contribution in [3.05, 3.63) is 21.3 Å². The van der Waals surface area contributed by atoms with Gasteiger partial charge in [0.15, 0.2) is 0 Å². The molecule has 1 aromatic heterocycles. The van der Waals surface area contributed by atoms with Crippen molar-refractivity contribution in [3.8, 4) is 0 Å². The smallest absolute Gasteiger partial charge is 0.0931 e. The van der Waals surface area contributed by atoms with Crippen molar-refractivity contribution in [1.82, 2.24) is 10.2 Å². The zero-order valence-corrected chi connectivity index (χ0v) is 12.9. The first-order valence-electron chi connectivity index (χ1n) is 6.89. The molecule has 2 rings (SSSR count). The Morgan fingerprint density at radius 2 is 2.33 bits per heavy atom. The Morgan fingerprint density at radius 3 is 2.94 bits per heavy atom. The van der Waals surface area contributed by atoms with Crippen LogP contribution in [0.25, 0.3) is 0 Å². The lowest BCUT2D eigenvalue weighted by atomic mass is 9.93. The normalized spacial score (nSPS) is 25.5. The number of hydrogen-bond donors (Lipinski definition) is 1. The first-order chi connectivity index (χ1) is 8.69. The van der Waals surface area contributed by atoms with E-state index in [0.29, 0.717) is 6.04 Å². The summed E-state index contributed by atoms with van der Waals surface area (Å²) in [6, 6.07) is 4.87. The largest absolute Gasteiger partial charge is 0.314 e. The summed E-state index contributed by atoms with van der Waals surface area (Å²) in [5, 5.41) is 3.59. The predicted molar refractivity (Wildman–Crippen MR) is 80.7 cm³/mol. The van der Waals surface area contributed by atoms with Crippen molar-refractivity contribution in [2.75, 3.05) is 26.2 Å². The number of hydrogen-bond acceptors (Lipinski definition) is 3. The van der Waals surface area contributed by atoms with Gasteiger partial charge in [0.25, 0.3) is 0 Å². The molecule has 1 aliphatic heterocycles. The summed E-state index contributed by atoms with van der Waals surface area (Å²) in [7, 11) is 0. The lowest BCUT2D eigenvalue weighted by molar-refractivity contribution is 0.150. The molecule has 0 saturated carbocycles. The monoisotopic (exact) mass is 286 g/mol. The van der Waals surface area contributed by atoms with Crippen molar-refractivity contribution in [2.24, 2.45) is 5.92 Å². The van der Waals surface area contributed by atoms with Crippen molar-refractivity contribution in [3.63, 3.8) is 0 Å². The lowest BCUT2D eigenvalue weighted by Gasteiger charge is -2.37. The van der Waals surface area contributed by atoms with Crippen LogP contribution in [0.2, 0.25) is 4.34 Å². The van der Waals surface area contributed by atoms with Crippen LogP contribution in [-0.4, -0.2) is 37.1 Å². The third kappa shape index (κ3) is 3.95. The number of nitrogens with one attached hydrogen (secondary N) is 1. The lowest BCUT2D eigenvalue weighted by Crippen LogP contribution is -2.48. The molecular weight excluding hydrogens is 264 g/mol. The van der Waals surface area contributed by atoms with E-state index < -0.39 is 0 Å². The van der Waals surface area contributed by atoms with Crippen LogP contribution in [0.15, 0.2) is 12.1 Å². The zero-order chi connectivity index (χ0) is 13.0. The highest BCUT2D eigenvalue weighted by molar-refractivity contribution is 7.16. The van der Waals surface area contributed by atoms with Crippen LogP contribution in [0, 0.1) is 5.92 Å². The molecule has 4 heteroatoms. The SMILES string of the molecule is CCNC1CCN(CCc2ccc(Cl)s2)CC1C. The highest BCUT2D eigenvalue weighted by atomic mass is 35.5. The van der Waals surface area contributed by atoms with Gasteiger partial charge in [-0.25, -0.2) is 0 Å². The molecule has 2 atom stereocenters. The maximum atomic E-state index is 5.96. The second kappa shape index (κ2) is 6.90. The molecule has 0 aliphatic carbocycles. The van der Waals surface area contributed by atoms with E-state index in [-0.39, 0.29) is 0 Å². The van der Waals surface area contributed by atoms with Gasteiger partial charge in [0.2, 0.25) is 0 Å². The van der Waals surface area contributed by atoms with Crippen LogP contribution in [0.5, 0.6) is 0 Å². The third-order valence-corrected chi connectivity index (χ3v) is 5.05. The average molecular weight is 287 g/mol. The molecule has 2 nitrogen and oxygen atoms in total. The summed E-state index contributed by atoms with van der Waals surface area (Å²) in [5.41, 5.74) is 0. The molecule has 18 heavy (non-hydrogen) atoms. The summed E-state index contributed by atoms with van der Waals surface area (Å²) >= 11 is 7.67. The predicted octanol–water partition coefficient (Wildman–Crippen LogP) is 3.26. The van der Waals surface area contributed by atoms with E-state index >= 15 is 0 Å². The molecule has 1 aromatic rings. The fraction of sp³-hybridized carbons (Fsp3) is 0.714. The molecule has 0 bridgehead atoms. The Morgan fingerprint density at radius 1 is 1.50 bits per heavy atom. The Hall–Kier alpha value is -0.0900. The maximum Gasteiger partial charge on any atom is 0.0931 e. The molecular formula is C14H23ClN2S. The van der Waals surface area contributed by atoms with Gasteiger partial charge in [0.05, 0.1) is 4.34 Å². The molecule has 2 heterocycles. The average Bonchev–Trinajstić information content (AvgIpc) is 2.76. The number of likely N-dealkylation sites (tertiary alicyclic amines) is 1. The van der Waals surface area contributed by atoms with Crippen molar-refractivity contribution < 1.29 is 0 Å². The number of thiophene rings is 1. The van der Waals surface area contributed by atoms with Crippen LogP contribution in [0.4, 0.5) is 0 Å². The van der Waals surface area contributed by atoms with E-state index in [1.54, 1.807) is 11.3 Å². The fourth-order valence-electron chi connectivity index (χ4n) is 2.75. The van der Waals surface area contributed by atoms with E-state index in [4.69, 9.17) is 11.6 Å². The minimum atomic E-state index is 0.711. The van der Waals surface area contributed by atoms with Gasteiger partial charge in [-0.2, -0.15) is 0 Å². The van der Waals surface area contributed by atoms with Crippen LogP contribution in [0.1, 0.15) is 25.1 Å². The van der Waals surface area contributed by atoms with Gasteiger partial charge in [-0.05, 0) is 44.0 Å². The molecule has 0 amide bonds. The second-order valence-electron chi connectivity index (χ2n) is 5.19. The molecule has 0 aromatic carbocycles. The standard InChI is InChI=1S/C14H23ClN2S/c1-3-16-13-7-9-17(10-11(13)2)8-6-12-4-5-14(15)18-12/h4-5,11,13,16H,3,6-10H2,1-2H3. The molecule has 1 fully saturated rings. The molecule has 1 saturated heterocycles. The first-order valence-corrected chi connectivity index (χ1v) is 8.08. The van der Waals surface area contributed by atoms with Crippen LogP contribution in [0.3, 0.4) is 0 Å². The van der Waals surface area contributed by atoms with Gasteiger partial charge < -0.3 is 10.2 Å².